The first kappa shape index (κ1) is 24.3. The van der Waals surface area contributed by atoms with E-state index in [0.717, 1.165) is 16.6 Å². The summed E-state index contributed by atoms with van der Waals surface area (Å²) in [6.07, 6.45) is -3.76. The van der Waals surface area contributed by atoms with Gasteiger partial charge in [0.25, 0.3) is 15.9 Å². The van der Waals surface area contributed by atoms with Crippen molar-refractivity contribution >= 4 is 39.4 Å². The van der Waals surface area contributed by atoms with Gasteiger partial charge < -0.3 is 0 Å². The number of anilines is 1. The fourth-order valence-electron chi connectivity index (χ4n) is 2.88. The lowest BCUT2D eigenvalue weighted by Crippen LogP contribution is -2.39. The van der Waals surface area contributed by atoms with Gasteiger partial charge in [0.2, 0.25) is 0 Å². The van der Waals surface area contributed by atoms with Crippen LogP contribution in [-0.2, 0) is 21.0 Å². The molecule has 6 nitrogen and oxygen atoms in total. The minimum Gasteiger partial charge on any atom is -0.271 e. The lowest BCUT2D eigenvalue weighted by Gasteiger charge is -2.24. The van der Waals surface area contributed by atoms with E-state index in [2.05, 4.69) is 10.5 Å². The van der Waals surface area contributed by atoms with Crippen LogP contribution >= 0.6 is 11.6 Å². The number of nitrogens with one attached hydrogen (secondary N) is 1. The number of sulfonamides is 1. The highest BCUT2D eigenvalue weighted by atomic mass is 35.5. The first-order valence-corrected chi connectivity index (χ1v) is 11.2. The van der Waals surface area contributed by atoms with E-state index in [1.54, 1.807) is 18.2 Å². The molecule has 0 saturated heterocycles. The van der Waals surface area contributed by atoms with Gasteiger partial charge in [0.15, 0.2) is 0 Å². The maximum absolute atomic E-state index is 13.2. The van der Waals surface area contributed by atoms with Crippen LogP contribution in [-0.4, -0.2) is 27.1 Å². The Morgan fingerprint density at radius 3 is 2.24 bits per heavy atom. The van der Waals surface area contributed by atoms with E-state index in [9.17, 15) is 26.4 Å². The number of carbonyl (C=O) groups excluding carboxylic acids is 1. The highest BCUT2D eigenvalue weighted by Gasteiger charge is 2.32. The second-order valence-electron chi connectivity index (χ2n) is 6.65. The fraction of sp³-hybridized carbons (Fsp3) is 0.0909. The molecular weight excluding hydrogens is 479 g/mol. The van der Waals surface area contributed by atoms with Gasteiger partial charge in [0, 0.05) is 5.56 Å². The molecule has 0 aliphatic heterocycles. The number of halogens is 4. The van der Waals surface area contributed by atoms with Crippen molar-refractivity contribution < 1.29 is 26.4 Å². The molecule has 3 aromatic carbocycles. The Balaban J connectivity index is 1.85. The standard InChI is InChI=1S/C22H17ClF3N3O3S/c23-19-12-6-7-13-20(19)29(33(31,32)17-9-2-1-3-10-17)15-21(30)28-27-14-16-8-4-5-11-18(16)22(24,25)26/h1-14H,15H2,(H,28,30)/b27-14-. The summed E-state index contributed by atoms with van der Waals surface area (Å²) in [6.45, 7) is -0.709. The van der Waals surface area contributed by atoms with Gasteiger partial charge in [0.1, 0.15) is 6.54 Å². The van der Waals surface area contributed by atoms with Gasteiger partial charge in [-0.25, -0.2) is 13.8 Å². The van der Waals surface area contributed by atoms with Crippen LogP contribution in [0.2, 0.25) is 5.02 Å². The Morgan fingerprint density at radius 2 is 1.58 bits per heavy atom. The van der Waals surface area contributed by atoms with E-state index >= 15 is 0 Å². The van der Waals surface area contributed by atoms with Crippen molar-refractivity contribution in [3.8, 4) is 0 Å². The summed E-state index contributed by atoms with van der Waals surface area (Å²) < 4.78 is 66.5. The van der Waals surface area contributed by atoms with Gasteiger partial charge in [-0.05, 0) is 30.3 Å². The Hall–Kier alpha value is -3.37. The van der Waals surface area contributed by atoms with E-state index in [4.69, 9.17) is 11.6 Å². The highest BCUT2D eigenvalue weighted by Crippen LogP contribution is 2.31. The lowest BCUT2D eigenvalue weighted by atomic mass is 10.1. The quantitative estimate of drug-likeness (QED) is 0.381. The molecule has 0 spiro atoms. The summed E-state index contributed by atoms with van der Waals surface area (Å²) in [5.74, 6) is -0.879. The van der Waals surface area contributed by atoms with Crippen LogP contribution in [0.5, 0.6) is 0 Å². The second kappa shape index (κ2) is 10.1. The lowest BCUT2D eigenvalue weighted by molar-refractivity contribution is -0.137. The summed E-state index contributed by atoms with van der Waals surface area (Å²) in [4.78, 5) is 12.4. The summed E-state index contributed by atoms with van der Waals surface area (Å²) >= 11 is 6.17. The van der Waals surface area contributed by atoms with Crippen LogP contribution in [0.3, 0.4) is 0 Å². The summed E-state index contributed by atoms with van der Waals surface area (Å²) in [6, 6.07) is 18.2. The summed E-state index contributed by atoms with van der Waals surface area (Å²) in [5.41, 5.74) is 0.944. The minimum atomic E-state index is -4.60. The van der Waals surface area contributed by atoms with Gasteiger partial charge in [-0.1, -0.05) is 60.1 Å². The second-order valence-corrected chi connectivity index (χ2v) is 8.92. The normalized spacial score (nSPS) is 12.0. The van der Waals surface area contributed by atoms with Crippen molar-refractivity contribution in [2.45, 2.75) is 11.1 Å². The molecule has 172 valence electrons. The van der Waals surface area contributed by atoms with Crippen molar-refractivity contribution in [1.82, 2.24) is 5.43 Å². The average molecular weight is 496 g/mol. The number of hydrazone groups is 1. The molecule has 0 aliphatic carbocycles. The molecule has 33 heavy (non-hydrogen) atoms. The van der Waals surface area contributed by atoms with Crippen LogP contribution in [0, 0.1) is 0 Å². The molecule has 0 unspecified atom stereocenters. The number of para-hydroxylation sites is 1. The molecule has 3 rings (SSSR count). The van der Waals surface area contributed by atoms with Gasteiger partial charge in [0.05, 0.1) is 27.4 Å². The molecule has 0 fully saturated rings. The molecule has 3 aromatic rings. The summed E-state index contributed by atoms with van der Waals surface area (Å²) in [7, 11) is -4.19. The van der Waals surface area contributed by atoms with Crippen LogP contribution in [0.15, 0.2) is 88.9 Å². The predicted molar refractivity (Wildman–Crippen MR) is 120 cm³/mol. The third-order valence-electron chi connectivity index (χ3n) is 4.40. The van der Waals surface area contributed by atoms with Gasteiger partial charge in [-0.15, -0.1) is 0 Å². The predicted octanol–water partition coefficient (Wildman–Crippen LogP) is 4.70. The fourth-order valence-corrected chi connectivity index (χ4v) is 4.63. The first-order chi connectivity index (χ1) is 15.6. The highest BCUT2D eigenvalue weighted by molar-refractivity contribution is 7.92. The molecule has 11 heteroatoms. The number of carbonyl (C=O) groups is 1. The zero-order valence-corrected chi connectivity index (χ0v) is 18.4. The number of hydrogen-bond donors (Lipinski definition) is 1. The third kappa shape index (κ3) is 5.91. The molecule has 0 bridgehead atoms. The van der Waals surface area contributed by atoms with E-state index in [-0.39, 0.29) is 21.2 Å². The van der Waals surface area contributed by atoms with Crippen LogP contribution in [0.25, 0.3) is 0 Å². The van der Waals surface area contributed by atoms with E-state index in [1.165, 1.54) is 54.6 Å². The topological polar surface area (TPSA) is 78.8 Å². The van der Waals surface area contributed by atoms with Crippen molar-refractivity contribution in [2.75, 3.05) is 10.8 Å². The Morgan fingerprint density at radius 1 is 0.970 bits per heavy atom. The number of nitrogens with zero attached hydrogens (tertiary/aromatic N) is 2. The molecule has 0 heterocycles. The molecule has 0 atom stereocenters. The van der Waals surface area contributed by atoms with Crippen LogP contribution in [0.4, 0.5) is 18.9 Å². The Kier molecular flexibility index (Phi) is 7.39. The van der Waals surface area contributed by atoms with Crippen LogP contribution < -0.4 is 9.73 Å². The number of hydrogen-bond acceptors (Lipinski definition) is 4. The van der Waals surface area contributed by atoms with E-state index in [0.29, 0.717) is 0 Å². The molecule has 0 radical (unpaired) electrons. The Labute approximate surface area is 193 Å². The molecule has 0 aliphatic rings. The van der Waals surface area contributed by atoms with Gasteiger partial charge >= 0.3 is 6.18 Å². The van der Waals surface area contributed by atoms with Crippen molar-refractivity contribution in [3.05, 3.63) is 95.0 Å². The monoisotopic (exact) mass is 495 g/mol. The number of alkyl halides is 3. The van der Waals surface area contributed by atoms with Gasteiger partial charge in [-0.2, -0.15) is 18.3 Å². The van der Waals surface area contributed by atoms with Crippen molar-refractivity contribution in [3.63, 3.8) is 0 Å². The van der Waals surface area contributed by atoms with Gasteiger partial charge in [-0.3, -0.25) is 9.10 Å². The Bertz CT molecular complexity index is 1270. The average Bonchev–Trinajstić information content (AvgIpc) is 2.78. The maximum atomic E-state index is 13.2. The van der Waals surface area contributed by atoms with Crippen LogP contribution in [0.1, 0.15) is 11.1 Å². The number of rotatable bonds is 7. The molecule has 1 N–H and O–H groups in total. The van der Waals surface area contributed by atoms with Crippen molar-refractivity contribution in [2.24, 2.45) is 5.10 Å². The third-order valence-corrected chi connectivity index (χ3v) is 6.49. The SMILES string of the molecule is O=C(CN(c1ccccc1Cl)S(=O)(=O)c1ccccc1)N/N=C\c1ccccc1C(F)(F)F. The maximum Gasteiger partial charge on any atom is 0.417 e. The van der Waals surface area contributed by atoms with E-state index < -0.39 is 34.2 Å². The van der Waals surface area contributed by atoms with Crippen molar-refractivity contribution in [1.29, 1.82) is 0 Å². The molecule has 0 aromatic heterocycles. The number of benzene rings is 3. The molecular formula is C22H17ClF3N3O3S. The largest absolute Gasteiger partial charge is 0.417 e. The minimum absolute atomic E-state index is 0.0598. The molecule has 0 saturated carbocycles. The zero-order valence-electron chi connectivity index (χ0n) is 16.8. The van der Waals surface area contributed by atoms with E-state index in [1.807, 2.05) is 0 Å². The first-order valence-electron chi connectivity index (χ1n) is 9.41. The summed E-state index contributed by atoms with van der Waals surface area (Å²) in [5, 5.41) is 3.65. The smallest absolute Gasteiger partial charge is 0.271 e. The molecule has 1 amide bonds. The zero-order chi connectivity index (χ0) is 24.1. The number of amides is 1.